The zero-order valence-electron chi connectivity index (χ0n) is 17.1. The molecule has 0 aliphatic carbocycles. The van der Waals surface area contributed by atoms with Crippen molar-refractivity contribution in [2.24, 2.45) is 5.16 Å². The molecule has 3 aromatic heterocycles. The van der Waals surface area contributed by atoms with Crippen LogP contribution in [0.3, 0.4) is 0 Å². The maximum Gasteiger partial charge on any atom is 0.155 e. The molecule has 0 amide bonds. The SMILES string of the molecule is O=S1(=O)CCN(CCOc2ccc3oc(-c4cc5sccc5cn4)c/c(=N\O)c3c2)CC1. The molecule has 0 saturated carbocycles. The lowest BCUT2D eigenvalue weighted by atomic mass is 10.1. The van der Waals surface area contributed by atoms with Crippen LogP contribution in [0.4, 0.5) is 0 Å². The Morgan fingerprint density at radius 1 is 1.19 bits per heavy atom. The van der Waals surface area contributed by atoms with Crippen molar-refractivity contribution < 1.29 is 22.8 Å². The van der Waals surface area contributed by atoms with Crippen LogP contribution >= 0.6 is 11.3 Å². The molecule has 1 N–H and O–H groups in total. The van der Waals surface area contributed by atoms with Crippen molar-refractivity contribution in [3.05, 3.63) is 53.3 Å². The van der Waals surface area contributed by atoms with E-state index >= 15 is 0 Å². The first-order chi connectivity index (χ1) is 15.5. The predicted octanol–water partition coefficient (Wildman–Crippen LogP) is 3.11. The van der Waals surface area contributed by atoms with Crippen molar-refractivity contribution in [2.45, 2.75) is 0 Å². The van der Waals surface area contributed by atoms with Crippen LogP contribution in [0.25, 0.3) is 32.5 Å². The summed E-state index contributed by atoms with van der Waals surface area (Å²) in [7, 11) is -2.89. The summed E-state index contributed by atoms with van der Waals surface area (Å²) in [5, 5.41) is 17.1. The third-order valence-electron chi connectivity index (χ3n) is 5.53. The van der Waals surface area contributed by atoms with Crippen molar-refractivity contribution in [2.75, 3.05) is 37.7 Å². The molecule has 8 nitrogen and oxygen atoms in total. The van der Waals surface area contributed by atoms with Gasteiger partial charge in [0.05, 0.1) is 16.9 Å². The summed E-state index contributed by atoms with van der Waals surface area (Å²) in [5.41, 5.74) is 1.22. The molecule has 5 rings (SSSR count). The second kappa shape index (κ2) is 8.53. The lowest BCUT2D eigenvalue weighted by molar-refractivity contribution is 0.219. The monoisotopic (exact) mass is 471 g/mol. The maximum absolute atomic E-state index is 11.5. The molecule has 0 spiro atoms. The van der Waals surface area contributed by atoms with Gasteiger partial charge in [0.25, 0.3) is 0 Å². The number of thiophene rings is 1. The van der Waals surface area contributed by atoms with Gasteiger partial charge in [-0.3, -0.25) is 9.88 Å². The summed E-state index contributed by atoms with van der Waals surface area (Å²) in [4.78, 5) is 6.54. The number of benzene rings is 1. The second-order valence-electron chi connectivity index (χ2n) is 7.62. The first-order valence-corrected chi connectivity index (χ1v) is 12.9. The molecule has 0 radical (unpaired) electrons. The summed E-state index contributed by atoms with van der Waals surface area (Å²) in [6, 6.07) is 11.0. The van der Waals surface area contributed by atoms with Crippen LogP contribution in [-0.2, 0) is 9.84 Å². The highest BCUT2D eigenvalue weighted by atomic mass is 32.2. The minimum Gasteiger partial charge on any atom is -0.492 e. The van der Waals surface area contributed by atoms with Crippen molar-refractivity contribution >= 4 is 42.2 Å². The standard InChI is InChI=1S/C22H21N3O5S2/c26-24-18-12-21(19-13-22-15(14-23-19)3-8-31-22)30-20-2-1-16(11-17(18)20)29-7-4-25-5-9-32(27,28)10-6-25/h1-3,8,11-14,26H,4-7,9-10H2/b24-18+. The van der Waals surface area contributed by atoms with Gasteiger partial charge in [0.15, 0.2) is 15.6 Å². The highest BCUT2D eigenvalue weighted by Crippen LogP contribution is 2.27. The highest BCUT2D eigenvalue weighted by Gasteiger charge is 2.21. The van der Waals surface area contributed by atoms with E-state index in [4.69, 9.17) is 9.15 Å². The van der Waals surface area contributed by atoms with E-state index in [-0.39, 0.29) is 11.5 Å². The number of hydrogen-bond donors (Lipinski definition) is 1. The van der Waals surface area contributed by atoms with Crippen LogP contribution in [0, 0.1) is 0 Å². The number of fused-ring (bicyclic) bond motifs is 2. The lowest BCUT2D eigenvalue weighted by Gasteiger charge is -2.26. The van der Waals surface area contributed by atoms with Crippen LogP contribution in [0.5, 0.6) is 5.75 Å². The first kappa shape index (κ1) is 20.9. The van der Waals surface area contributed by atoms with Gasteiger partial charge in [-0.15, -0.1) is 11.3 Å². The van der Waals surface area contributed by atoms with Gasteiger partial charge in [-0.2, -0.15) is 0 Å². The fraction of sp³-hybridized carbons (Fsp3) is 0.273. The predicted molar refractivity (Wildman–Crippen MR) is 123 cm³/mol. The zero-order chi connectivity index (χ0) is 22.1. The molecule has 32 heavy (non-hydrogen) atoms. The minimum atomic E-state index is -2.89. The number of sulfone groups is 1. The van der Waals surface area contributed by atoms with E-state index in [0.717, 1.165) is 10.1 Å². The van der Waals surface area contributed by atoms with Crippen molar-refractivity contribution in [3.8, 4) is 17.2 Å². The van der Waals surface area contributed by atoms with E-state index < -0.39 is 9.84 Å². The Balaban J connectivity index is 1.35. The van der Waals surface area contributed by atoms with Crippen LogP contribution in [-0.4, -0.2) is 61.3 Å². The number of pyridine rings is 1. The quantitative estimate of drug-likeness (QED) is 0.352. The average Bonchev–Trinajstić information content (AvgIpc) is 3.27. The molecule has 166 valence electrons. The molecule has 1 saturated heterocycles. The van der Waals surface area contributed by atoms with Gasteiger partial charge in [-0.1, -0.05) is 5.16 Å². The Bertz CT molecular complexity index is 1450. The van der Waals surface area contributed by atoms with Gasteiger partial charge < -0.3 is 14.4 Å². The average molecular weight is 472 g/mol. The largest absolute Gasteiger partial charge is 0.492 e. The number of aromatic nitrogens is 1. The molecule has 0 unspecified atom stereocenters. The second-order valence-corrected chi connectivity index (χ2v) is 10.9. The highest BCUT2D eigenvalue weighted by molar-refractivity contribution is 7.91. The minimum absolute atomic E-state index is 0.197. The molecule has 1 aliphatic heterocycles. The smallest absolute Gasteiger partial charge is 0.155 e. The lowest BCUT2D eigenvalue weighted by Crippen LogP contribution is -2.42. The topological polar surface area (TPSA) is 105 Å². The summed E-state index contributed by atoms with van der Waals surface area (Å²) < 4.78 is 36.1. The van der Waals surface area contributed by atoms with Gasteiger partial charge in [0, 0.05) is 42.0 Å². The van der Waals surface area contributed by atoms with Gasteiger partial charge in [-0.05, 0) is 35.7 Å². The third-order valence-corrected chi connectivity index (χ3v) is 8.01. The van der Waals surface area contributed by atoms with Crippen molar-refractivity contribution in [3.63, 3.8) is 0 Å². The Kier molecular flexibility index (Phi) is 5.58. The molecular formula is C22H21N3O5S2. The van der Waals surface area contributed by atoms with E-state index in [1.807, 2.05) is 17.5 Å². The van der Waals surface area contributed by atoms with E-state index in [2.05, 4.69) is 15.0 Å². The third kappa shape index (κ3) is 4.34. The summed E-state index contributed by atoms with van der Waals surface area (Å²) in [6.45, 7) is 2.13. The first-order valence-electron chi connectivity index (χ1n) is 10.2. The Hall–Kier alpha value is -2.95. The van der Waals surface area contributed by atoms with E-state index in [0.29, 0.717) is 59.8 Å². The number of ether oxygens (including phenoxy) is 1. The summed E-state index contributed by atoms with van der Waals surface area (Å²) >= 11 is 1.63. The van der Waals surface area contributed by atoms with Crippen molar-refractivity contribution in [1.82, 2.24) is 9.88 Å². The Morgan fingerprint density at radius 2 is 2.03 bits per heavy atom. The molecule has 0 atom stereocenters. The molecular weight excluding hydrogens is 450 g/mol. The zero-order valence-corrected chi connectivity index (χ0v) is 18.7. The van der Waals surface area contributed by atoms with Gasteiger partial charge >= 0.3 is 0 Å². The van der Waals surface area contributed by atoms with Gasteiger partial charge in [0.1, 0.15) is 29.0 Å². The molecule has 1 aliphatic rings. The van der Waals surface area contributed by atoms with Crippen LogP contribution < -0.4 is 10.1 Å². The number of nitrogens with zero attached hydrogens (tertiary/aromatic N) is 3. The van der Waals surface area contributed by atoms with Crippen LogP contribution in [0.1, 0.15) is 0 Å². The summed E-state index contributed by atoms with van der Waals surface area (Å²) in [6.07, 6.45) is 1.80. The van der Waals surface area contributed by atoms with E-state index in [1.54, 1.807) is 41.8 Å². The fourth-order valence-electron chi connectivity index (χ4n) is 3.70. The number of hydrogen-bond acceptors (Lipinski definition) is 9. The van der Waals surface area contributed by atoms with E-state index in [1.165, 1.54) is 0 Å². The summed E-state index contributed by atoms with van der Waals surface area (Å²) in [5.74, 6) is 1.52. The fourth-order valence-corrected chi connectivity index (χ4v) is 5.78. The normalized spacial score (nSPS) is 17.2. The van der Waals surface area contributed by atoms with Crippen LogP contribution in [0.15, 0.2) is 57.5 Å². The molecule has 4 aromatic rings. The Morgan fingerprint density at radius 3 is 2.84 bits per heavy atom. The van der Waals surface area contributed by atoms with Gasteiger partial charge in [-0.25, -0.2) is 8.42 Å². The molecule has 10 heteroatoms. The van der Waals surface area contributed by atoms with Crippen LogP contribution in [0.2, 0.25) is 0 Å². The molecule has 1 aromatic carbocycles. The Labute approximate surface area is 188 Å². The molecule has 4 heterocycles. The number of rotatable bonds is 5. The molecule has 0 bridgehead atoms. The van der Waals surface area contributed by atoms with Crippen molar-refractivity contribution in [1.29, 1.82) is 0 Å². The van der Waals surface area contributed by atoms with E-state index in [9.17, 15) is 13.6 Å². The maximum atomic E-state index is 11.5. The van der Waals surface area contributed by atoms with Gasteiger partial charge in [0.2, 0.25) is 0 Å². The molecule has 1 fully saturated rings.